The largest absolute Gasteiger partial charge is 0.479 e. The van der Waals surface area contributed by atoms with Gasteiger partial charge in [0.05, 0.1) is 6.42 Å². The van der Waals surface area contributed by atoms with Gasteiger partial charge in [-0.3, -0.25) is 4.79 Å². The Kier molecular flexibility index (Phi) is 7.32. The second-order valence-corrected chi connectivity index (χ2v) is 8.09. The minimum absolute atomic E-state index is 0.184. The average Bonchev–Trinajstić information content (AvgIpc) is 3.10. The summed E-state index contributed by atoms with van der Waals surface area (Å²) in [7, 11) is 0. The summed E-state index contributed by atoms with van der Waals surface area (Å²) in [6.07, 6.45) is -11.3. The maximum absolute atomic E-state index is 13.4. The lowest BCUT2D eigenvalue weighted by Crippen LogP contribution is -2.62. The highest BCUT2D eigenvalue weighted by atomic mass is 19.4. The molecule has 2 atom stereocenters. The Labute approximate surface area is 196 Å². The van der Waals surface area contributed by atoms with Gasteiger partial charge in [-0.1, -0.05) is 48.5 Å². The lowest BCUT2D eigenvalue weighted by atomic mass is 9.98. The van der Waals surface area contributed by atoms with Gasteiger partial charge in [0.1, 0.15) is 12.6 Å². The molecule has 7 nitrogen and oxygen atoms in total. The Balaban J connectivity index is 1.64. The van der Waals surface area contributed by atoms with Gasteiger partial charge in [-0.15, -0.1) is 0 Å². The first-order valence-electron chi connectivity index (χ1n) is 10.4. The molecular formula is C23H21F5N2O5. The van der Waals surface area contributed by atoms with Gasteiger partial charge in [-0.25, -0.2) is 18.4 Å². The number of hydrogen-bond acceptors (Lipinski definition) is 4. The average molecular weight is 500 g/mol. The number of amides is 2. The van der Waals surface area contributed by atoms with E-state index in [9.17, 15) is 36.3 Å². The number of nitrogens with one attached hydrogen (secondary N) is 2. The maximum Gasteiger partial charge on any atom is 0.422 e. The van der Waals surface area contributed by atoms with Crippen molar-refractivity contribution in [2.45, 2.75) is 43.4 Å². The number of hydrogen-bond donors (Lipinski definition) is 3. The number of fused-ring (bicyclic) bond motifs is 3. The van der Waals surface area contributed by atoms with Gasteiger partial charge in [-0.2, -0.15) is 13.2 Å². The van der Waals surface area contributed by atoms with E-state index in [4.69, 9.17) is 9.84 Å². The Morgan fingerprint density at radius 3 is 1.97 bits per heavy atom. The van der Waals surface area contributed by atoms with E-state index in [1.165, 1.54) is 5.32 Å². The Hall–Kier alpha value is -3.70. The number of ether oxygens (including phenoxy) is 1. The molecule has 1 aliphatic carbocycles. The molecule has 0 saturated carbocycles. The number of alkyl halides is 5. The maximum atomic E-state index is 13.4. The number of halogens is 5. The van der Waals surface area contributed by atoms with Crippen LogP contribution in [-0.4, -0.2) is 53.9 Å². The van der Waals surface area contributed by atoms with Crippen molar-refractivity contribution >= 4 is 18.0 Å². The van der Waals surface area contributed by atoms with E-state index < -0.39 is 48.6 Å². The van der Waals surface area contributed by atoms with E-state index >= 15 is 0 Å². The molecule has 3 N–H and O–H groups in total. The summed E-state index contributed by atoms with van der Waals surface area (Å²) in [5.41, 5.74) is -0.0888. The first-order chi connectivity index (χ1) is 16.3. The highest BCUT2D eigenvalue weighted by Gasteiger charge is 2.58. The molecule has 2 amide bonds. The molecular weight excluding hydrogens is 479 g/mol. The van der Waals surface area contributed by atoms with Crippen molar-refractivity contribution in [1.29, 1.82) is 0 Å². The third-order valence-electron chi connectivity index (χ3n) is 5.74. The van der Waals surface area contributed by atoms with Crippen molar-refractivity contribution in [3.05, 3.63) is 59.7 Å². The van der Waals surface area contributed by atoms with Crippen LogP contribution in [0.5, 0.6) is 0 Å². The van der Waals surface area contributed by atoms with Gasteiger partial charge >= 0.3 is 18.2 Å². The van der Waals surface area contributed by atoms with E-state index in [1.807, 2.05) is 36.4 Å². The molecule has 0 fully saturated rings. The predicted octanol–water partition coefficient (Wildman–Crippen LogP) is 4.07. The van der Waals surface area contributed by atoms with Crippen LogP contribution in [-0.2, 0) is 14.3 Å². The van der Waals surface area contributed by atoms with E-state index in [2.05, 4.69) is 0 Å². The van der Waals surface area contributed by atoms with Crippen LogP contribution in [0.4, 0.5) is 26.7 Å². The minimum atomic E-state index is -5.39. The third-order valence-corrected chi connectivity index (χ3v) is 5.74. The minimum Gasteiger partial charge on any atom is -0.479 e. The summed E-state index contributed by atoms with van der Waals surface area (Å²) in [4.78, 5) is 35.2. The Morgan fingerprint density at radius 1 is 1.00 bits per heavy atom. The smallest absolute Gasteiger partial charge is 0.422 e. The van der Waals surface area contributed by atoms with Gasteiger partial charge in [0.15, 0.2) is 0 Å². The van der Waals surface area contributed by atoms with Crippen LogP contribution in [0.1, 0.15) is 30.4 Å². The van der Waals surface area contributed by atoms with E-state index in [-0.39, 0.29) is 19.4 Å². The van der Waals surface area contributed by atoms with Crippen LogP contribution in [0.15, 0.2) is 48.5 Å². The van der Waals surface area contributed by atoms with Gasteiger partial charge in [0.2, 0.25) is 11.4 Å². The van der Waals surface area contributed by atoms with Gasteiger partial charge in [0, 0.05) is 5.92 Å². The van der Waals surface area contributed by atoms with Crippen molar-refractivity contribution in [2.24, 2.45) is 0 Å². The molecule has 2 aromatic rings. The number of benzene rings is 2. The number of aliphatic carboxylic acids is 1. The highest BCUT2D eigenvalue weighted by molar-refractivity contribution is 5.88. The third kappa shape index (κ3) is 5.36. The molecule has 0 heterocycles. The zero-order chi connectivity index (χ0) is 26.0. The van der Waals surface area contributed by atoms with E-state index in [1.54, 1.807) is 17.4 Å². The molecule has 0 bridgehead atoms. The second kappa shape index (κ2) is 9.88. The van der Waals surface area contributed by atoms with Crippen LogP contribution >= 0.6 is 0 Å². The summed E-state index contributed by atoms with van der Waals surface area (Å²) in [6.45, 7) is -0.0310. The molecule has 0 aromatic heterocycles. The molecule has 0 spiro atoms. The zero-order valence-electron chi connectivity index (χ0n) is 18.2. The normalized spacial score (nSPS) is 15.5. The van der Waals surface area contributed by atoms with Gasteiger partial charge < -0.3 is 20.5 Å². The number of carboxylic acids is 1. The van der Waals surface area contributed by atoms with Crippen LogP contribution in [0.3, 0.4) is 0 Å². The fourth-order valence-electron chi connectivity index (χ4n) is 3.77. The van der Waals surface area contributed by atoms with Crippen molar-refractivity contribution in [2.75, 3.05) is 6.61 Å². The molecule has 1 aliphatic rings. The number of rotatable bonds is 8. The second-order valence-electron chi connectivity index (χ2n) is 8.09. The first kappa shape index (κ1) is 25.9. The molecule has 35 heavy (non-hydrogen) atoms. The van der Waals surface area contributed by atoms with Crippen molar-refractivity contribution in [3.63, 3.8) is 0 Å². The lowest BCUT2D eigenvalue weighted by molar-refractivity contribution is -0.207. The molecule has 12 heteroatoms. The summed E-state index contributed by atoms with van der Waals surface area (Å²) in [5, 5.41) is 11.8. The fourth-order valence-corrected chi connectivity index (χ4v) is 3.77. The lowest BCUT2D eigenvalue weighted by Gasteiger charge is -2.29. The Bertz CT molecular complexity index is 1080. The number of carboxylic acid groups (broad SMARTS) is 1. The predicted molar refractivity (Wildman–Crippen MR) is 113 cm³/mol. The summed E-state index contributed by atoms with van der Waals surface area (Å²) in [5.74, 6) is -4.43. The molecule has 2 unspecified atom stereocenters. The summed E-state index contributed by atoms with van der Waals surface area (Å²) >= 11 is 0. The van der Waals surface area contributed by atoms with Gasteiger partial charge in [0.25, 0.3) is 6.43 Å². The van der Waals surface area contributed by atoms with Crippen LogP contribution in [0.25, 0.3) is 11.1 Å². The molecule has 3 rings (SSSR count). The highest BCUT2D eigenvalue weighted by Crippen LogP contribution is 2.44. The SMILES string of the molecule is CC(NC(=O)CC(NC(=O)OCC1c2ccccc2-c2ccccc21)C(F)F)(C(=O)O)C(F)(F)F. The standard InChI is InChI=1S/C23H21F5N2O5/c1-22(20(32)33,23(26,27)28)30-18(31)10-17(19(24)25)29-21(34)35-11-16-14-8-4-2-6-12(14)13-7-3-5-9-15(13)16/h2-9,16-17,19H,10-11H2,1H3,(H,29,34)(H,30,31)(H,32,33). The number of alkyl carbamates (subject to hydrolysis) is 1. The van der Waals surface area contributed by atoms with Crippen molar-refractivity contribution in [3.8, 4) is 11.1 Å². The van der Waals surface area contributed by atoms with Crippen LogP contribution < -0.4 is 10.6 Å². The van der Waals surface area contributed by atoms with Gasteiger partial charge in [-0.05, 0) is 29.2 Å². The fraction of sp³-hybridized carbons (Fsp3) is 0.348. The summed E-state index contributed by atoms with van der Waals surface area (Å²) in [6, 6.07) is 12.6. The monoisotopic (exact) mass is 500 g/mol. The molecule has 0 aliphatic heterocycles. The molecule has 2 aromatic carbocycles. The Morgan fingerprint density at radius 2 is 1.51 bits per heavy atom. The van der Waals surface area contributed by atoms with E-state index in [0.717, 1.165) is 22.3 Å². The molecule has 0 saturated heterocycles. The van der Waals surface area contributed by atoms with Crippen molar-refractivity contribution in [1.82, 2.24) is 10.6 Å². The van der Waals surface area contributed by atoms with Crippen LogP contribution in [0, 0.1) is 0 Å². The van der Waals surface area contributed by atoms with Crippen LogP contribution in [0.2, 0.25) is 0 Å². The quantitative estimate of drug-likeness (QED) is 0.474. The zero-order valence-corrected chi connectivity index (χ0v) is 18.2. The number of carbonyl (C=O) groups is 3. The summed E-state index contributed by atoms with van der Waals surface area (Å²) < 4.78 is 71.0. The first-order valence-corrected chi connectivity index (χ1v) is 10.4. The number of carbonyl (C=O) groups excluding carboxylic acids is 2. The molecule has 188 valence electrons. The topological polar surface area (TPSA) is 105 Å². The van der Waals surface area contributed by atoms with E-state index in [0.29, 0.717) is 0 Å². The molecule has 0 radical (unpaired) electrons. The van der Waals surface area contributed by atoms with Crippen molar-refractivity contribution < 1.29 is 46.2 Å².